The minimum Gasteiger partial charge on any atom is -0.481 e. The van der Waals surface area contributed by atoms with Gasteiger partial charge in [0.25, 0.3) is 0 Å². The van der Waals surface area contributed by atoms with Gasteiger partial charge in [0.1, 0.15) is 0 Å². The standard InChI is InChI=1S/C13H15ClO3/c1-8(7-13(16)17)6-12(15)10-4-3-5-11(14)9(10)2/h3-5,8H,6-7H2,1-2H3,(H,16,17). The first-order valence-corrected chi connectivity index (χ1v) is 5.79. The molecule has 1 aromatic rings. The predicted molar refractivity (Wildman–Crippen MR) is 66.6 cm³/mol. The molecule has 1 atom stereocenters. The molecule has 1 aromatic carbocycles. The topological polar surface area (TPSA) is 54.4 Å². The van der Waals surface area contributed by atoms with Crippen molar-refractivity contribution >= 4 is 23.4 Å². The minimum absolute atomic E-state index is 0.00531. The lowest BCUT2D eigenvalue weighted by Gasteiger charge is -2.10. The van der Waals surface area contributed by atoms with Crippen LogP contribution in [0, 0.1) is 12.8 Å². The molecule has 0 saturated heterocycles. The van der Waals surface area contributed by atoms with Crippen molar-refractivity contribution in [2.75, 3.05) is 0 Å². The maximum Gasteiger partial charge on any atom is 0.303 e. The molecule has 0 amide bonds. The van der Waals surface area contributed by atoms with Gasteiger partial charge in [0.05, 0.1) is 0 Å². The summed E-state index contributed by atoms with van der Waals surface area (Å²) in [5, 5.41) is 9.19. The molecule has 0 fully saturated rings. The van der Waals surface area contributed by atoms with Crippen LogP contribution in [-0.4, -0.2) is 16.9 Å². The molecule has 92 valence electrons. The Morgan fingerprint density at radius 3 is 2.59 bits per heavy atom. The van der Waals surface area contributed by atoms with Crippen LogP contribution in [0.3, 0.4) is 0 Å². The lowest BCUT2D eigenvalue weighted by Crippen LogP contribution is -2.11. The van der Waals surface area contributed by atoms with Crippen molar-refractivity contribution in [1.29, 1.82) is 0 Å². The fourth-order valence-corrected chi connectivity index (χ4v) is 1.88. The van der Waals surface area contributed by atoms with Crippen LogP contribution in [0.25, 0.3) is 0 Å². The third-order valence-electron chi connectivity index (χ3n) is 2.63. The van der Waals surface area contributed by atoms with Gasteiger partial charge in [0.2, 0.25) is 0 Å². The molecule has 0 aliphatic heterocycles. The molecule has 4 heteroatoms. The average Bonchev–Trinajstić information content (AvgIpc) is 2.20. The number of Topliss-reactive ketones (excluding diaryl/α,β-unsaturated/α-hetero) is 1. The Kier molecular flexibility index (Phi) is 4.70. The predicted octanol–water partition coefficient (Wildman–Crippen LogP) is 3.33. The monoisotopic (exact) mass is 254 g/mol. The summed E-state index contributed by atoms with van der Waals surface area (Å²) >= 11 is 5.93. The van der Waals surface area contributed by atoms with Crippen LogP contribution in [-0.2, 0) is 4.79 Å². The maximum atomic E-state index is 12.0. The van der Waals surface area contributed by atoms with Gasteiger partial charge in [0.15, 0.2) is 5.78 Å². The molecule has 0 heterocycles. The number of hydrogen-bond donors (Lipinski definition) is 1. The fraction of sp³-hybridized carbons (Fsp3) is 0.385. The molecule has 3 nitrogen and oxygen atoms in total. The maximum absolute atomic E-state index is 12.0. The zero-order valence-electron chi connectivity index (χ0n) is 9.87. The van der Waals surface area contributed by atoms with Crippen LogP contribution in [0.15, 0.2) is 18.2 Å². The summed E-state index contributed by atoms with van der Waals surface area (Å²) in [6, 6.07) is 5.18. The van der Waals surface area contributed by atoms with Crippen LogP contribution in [0.5, 0.6) is 0 Å². The lowest BCUT2D eigenvalue weighted by atomic mass is 9.95. The van der Waals surface area contributed by atoms with Crippen molar-refractivity contribution in [2.24, 2.45) is 5.92 Å². The summed E-state index contributed by atoms with van der Waals surface area (Å²) in [5.41, 5.74) is 1.33. The van der Waals surface area contributed by atoms with E-state index in [1.807, 2.05) is 0 Å². The van der Waals surface area contributed by atoms with E-state index in [-0.39, 0.29) is 24.5 Å². The SMILES string of the molecule is Cc1c(Cl)cccc1C(=O)CC(C)CC(=O)O. The van der Waals surface area contributed by atoms with Gasteiger partial charge in [0, 0.05) is 23.4 Å². The lowest BCUT2D eigenvalue weighted by molar-refractivity contribution is -0.137. The second-order valence-electron chi connectivity index (χ2n) is 4.24. The quantitative estimate of drug-likeness (QED) is 0.820. The van der Waals surface area contributed by atoms with Gasteiger partial charge in [-0.1, -0.05) is 30.7 Å². The van der Waals surface area contributed by atoms with Gasteiger partial charge >= 0.3 is 5.97 Å². The van der Waals surface area contributed by atoms with E-state index < -0.39 is 5.97 Å². The summed E-state index contributed by atoms with van der Waals surface area (Å²) in [4.78, 5) is 22.5. The summed E-state index contributed by atoms with van der Waals surface area (Å²) < 4.78 is 0. The van der Waals surface area contributed by atoms with Crippen molar-refractivity contribution in [3.63, 3.8) is 0 Å². The van der Waals surface area contributed by atoms with Gasteiger partial charge in [-0.05, 0) is 24.5 Å². The van der Waals surface area contributed by atoms with Crippen molar-refractivity contribution in [2.45, 2.75) is 26.7 Å². The van der Waals surface area contributed by atoms with Gasteiger partial charge < -0.3 is 5.11 Å². The summed E-state index contributed by atoms with van der Waals surface area (Å²) in [5.74, 6) is -1.11. The fourth-order valence-electron chi connectivity index (χ4n) is 1.71. The number of benzene rings is 1. The highest BCUT2D eigenvalue weighted by Crippen LogP contribution is 2.21. The third-order valence-corrected chi connectivity index (χ3v) is 3.03. The number of halogens is 1. The number of aliphatic carboxylic acids is 1. The molecular weight excluding hydrogens is 240 g/mol. The molecule has 1 N–H and O–H groups in total. The van der Waals surface area contributed by atoms with Crippen LogP contribution in [0.4, 0.5) is 0 Å². The van der Waals surface area contributed by atoms with Crippen LogP contribution >= 0.6 is 11.6 Å². The van der Waals surface area contributed by atoms with Crippen molar-refractivity contribution in [3.8, 4) is 0 Å². The largest absolute Gasteiger partial charge is 0.481 e. The first-order chi connectivity index (χ1) is 7.91. The molecule has 17 heavy (non-hydrogen) atoms. The average molecular weight is 255 g/mol. The highest BCUT2D eigenvalue weighted by Gasteiger charge is 2.16. The van der Waals surface area contributed by atoms with E-state index in [1.54, 1.807) is 32.0 Å². The second kappa shape index (κ2) is 5.82. The number of hydrogen-bond acceptors (Lipinski definition) is 2. The van der Waals surface area contributed by atoms with E-state index in [1.165, 1.54) is 0 Å². The molecule has 1 unspecified atom stereocenters. The minimum atomic E-state index is -0.881. The van der Waals surface area contributed by atoms with Gasteiger partial charge in [-0.15, -0.1) is 0 Å². The zero-order valence-corrected chi connectivity index (χ0v) is 10.6. The number of rotatable bonds is 5. The summed E-state index contributed by atoms with van der Waals surface area (Å²) in [6.07, 6.45) is 0.235. The molecule has 0 bridgehead atoms. The number of carboxylic acid groups (broad SMARTS) is 1. The number of carboxylic acids is 1. The molecule has 0 radical (unpaired) electrons. The molecule has 0 aliphatic rings. The van der Waals surface area contributed by atoms with E-state index in [2.05, 4.69) is 0 Å². The first kappa shape index (κ1) is 13.7. The van der Waals surface area contributed by atoms with E-state index in [0.29, 0.717) is 10.6 Å². The van der Waals surface area contributed by atoms with Crippen molar-refractivity contribution in [1.82, 2.24) is 0 Å². The highest BCUT2D eigenvalue weighted by atomic mass is 35.5. The van der Waals surface area contributed by atoms with Gasteiger partial charge in [-0.2, -0.15) is 0 Å². The third kappa shape index (κ3) is 3.86. The molecule has 0 spiro atoms. The Hall–Kier alpha value is -1.35. The molecule has 0 saturated carbocycles. The van der Waals surface area contributed by atoms with E-state index >= 15 is 0 Å². The number of ketones is 1. The summed E-state index contributed by atoms with van der Waals surface area (Å²) in [7, 11) is 0. The summed E-state index contributed by atoms with van der Waals surface area (Å²) in [6.45, 7) is 3.54. The van der Waals surface area contributed by atoms with Crippen molar-refractivity contribution < 1.29 is 14.7 Å². The van der Waals surface area contributed by atoms with E-state index in [9.17, 15) is 9.59 Å². The Morgan fingerprint density at radius 1 is 1.35 bits per heavy atom. The number of carbonyl (C=O) groups excluding carboxylic acids is 1. The molecule has 1 rings (SSSR count). The Balaban J connectivity index is 2.77. The smallest absolute Gasteiger partial charge is 0.303 e. The van der Waals surface area contributed by atoms with Crippen LogP contribution in [0.1, 0.15) is 35.7 Å². The van der Waals surface area contributed by atoms with E-state index in [4.69, 9.17) is 16.7 Å². The Bertz CT molecular complexity index is 440. The first-order valence-electron chi connectivity index (χ1n) is 5.42. The van der Waals surface area contributed by atoms with E-state index in [0.717, 1.165) is 5.56 Å². The molecule has 0 aromatic heterocycles. The second-order valence-corrected chi connectivity index (χ2v) is 4.65. The van der Waals surface area contributed by atoms with Crippen molar-refractivity contribution in [3.05, 3.63) is 34.3 Å². The Morgan fingerprint density at radius 2 is 2.00 bits per heavy atom. The normalized spacial score (nSPS) is 12.2. The van der Waals surface area contributed by atoms with Crippen LogP contribution in [0.2, 0.25) is 5.02 Å². The Labute approximate surface area is 105 Å². The zero-order chi connectivity index (χ0) is 13.0. The highest BCUT2D eigenvalue weighted by molar-refractivity contribution is 6.31. The number of carbonyl (C=O) groups is 2. The van der Waals surface area contributed by atoms with Crippen LogP contribution < -0.4 is 0 Å². The molecule has 0 aliphatic carbocycles. The molecular formula is C13H15ClO3. The van der Waals surface area contributed by atoms with Gasteiger partial charge in [-0.3, -0.25) is 9.59 Å². The van der Waals surface area contributed by atoms with Gasteiger partial charge in [-0.25, -0.2) is 0 Å².